The third-order valence-electron chi connectivity index (χ3n) is 5.41. The minimum Gasteiger partial charge on any atom is -0.497 e. The molecule has 3 aromatic rings. The lowest BCUT2D eigenvalue weighted by molar-refractivity contribution is 0.0664. The third kappa shape index (κ3) is 4.37. The van der Waals surface area contributed by atoms with E-state index in [1.165, 1.54) is 16.8 Å². The van der Waals surface area contributed by atoms with E-state index in [1.54, 1.807) is 7.11 Å². The zero-order chi connectivity index (χ0) is 19.2. The van der Waals surface area contributed by atoms with Crippen LogP contribution in [0, 0.1) is 0 Å². The molecule has 4 rings (SSSR count). The van der Waals surface area contributed by atoms with Gasteiger partial charge >= 0.3 is 0 Å². The van der Waals surface area contributed by atoms with Gasteiger partial charge in [-0.2, -0.15) is 0 Å². The average molecular weight is 373 g/mol. The van der Waals surface area contributed by atoms with E-state index in [1.807, 2.05) is 12.1 Å². The highest BCUT2D eigenvalue weighted by molar-refractivity contribution is 5.50. The number of nitrogens with zero attached hydrogens (tertiary/aromatic N) is 1. The zero-order valence-corrected chi connectivity index (χ0v) is 16.3. The fourth-order valence-electron chi connectivity index (χ4n) is 4.06. The summed E-state index contributed by atoms with van der Waals surface area (Å²) < 4.78 is 11.4. The van der Waals surface area contributed by atoms with E-state index in [0.717, 1.165) is 31.8 Å². The van der Waals surface area contributed by atoms with Crippen molar-refractivity contribution in [2.45, 2.75) is 24.9 Å². The highest BCUT2D eigenvalue weighted by Crippen LogP contribution is 2.28. The second kappa shape index (κ2) is 8.94. The molecular formula is C25H27NO2. The Kier molecular flexibility index (Phi) is 5.93. The molecule has 0 aromatic heterocycles. The maximum absolute atomic E-state index is 6.07. The summed E-state index contributed by atoms with van der Waals surface area (Å²) >= 11 is 0. The Labute approximate surface area is 167 Å². The summed E-state index contributed by atoms with van der Waals surface area (Å²) in [6.45, 7) is 1.50. The maximum Gasteiger partial charge on any atom is 0.118 e. The van der Waals surface area contributed by atoms with Gasteiger partial charge in [-0.3, -0.25) is 0 Å². The van der Waals surface area contributed by atoms with Crippen molar-refractivity contribution in [3.8, 4) is 5.75 Å². The van der Waals surface area contributed by atoms with E-state index in [9.17, 15) is 0 Å². The van der Waals surface area contributed by atoms with Crippen molar-refractivity contribution >= 4 is 5.69 Å². The molecule has 3 nitrogen and oxygen atoms in total. The second-order valence-electron chi connectivity index (χ2n) is 7.33. The first kappa shape index (κ1) is 18.6. The van der Waals surface area contributed by atoms with Crippen LogP contribution in [0.3, 0.4) is 0 Å². The Morgan fingerprint density at radius 2 is 1.29 bits per heavy atom. The van der Waals surface area contributed by atoms with Crippen LogP contribution >= 0.6 is 0 Å². The minimum atomic E-state index is 0.304. The molecule has 0 saturated carbocycles. The molecule has 0 spiro atoms. The van der Waals surface area contributed by atoms with Crippen molar-refractivity contribution in [3.05, 3.63) is 96.1 Å². The normalized spacial score (nSPS) is 19.4. The number of hydrogen-bond donors (Lipinski definition) is 0. The summed E-state index contributed by atoms with van der Waals surface area (Å²) in [7, 11) is 1.70. The first-order valence-electron chi connectivity index (χ1n) is 9.91. The third-order valence-corrected chi connectivity index (χ3v) is 5.41. The van der Waals surface area contributed by atoms with Crippen LogP contribution < -0.4 is 9.64 Å². The smallest absolute Gasteiger partial charge is 0.118 e. The Hall–Kier alpha value is -2.78. The number of ether oxygens (including phenoxy) is 2. The molecule has 0 amide bonds. The molecule has 0 unspecified atom stereocenters. The fraction of sp³-hybridized carbons (Fsp3) is 0.280. The highest BCUT2D eigenvalue weighted by Gasteiger charge is 2.31. The lowest BCUT2D eigenvalue weighted by Gasteiger charge is -2.44. The molecule has 144 valence electrons. The summed E-state index contributed by atoms with van der Waals surface area (Å²) in [6.07, 6.45) is 1.93. The molecule has 0 N–H and O–H groups in total. The van der Waals surface area contributed by atoms with Crippen LogP contribution in [0.1, 0.15) is 11.1 Å². The molecule has 1 aliphatic heterocycles. The summed E-state index contributed by atoms with van der Waals surface area (Å²) in [5.74, 6) is 0.894. The summed E-state index contributed by atoms with van der Waals surface area (Å²) in [6, 6.07) is 30.5. The van der Waals surface area contributed by atoms with Gasteiger partial charge < -0.3 is 14.4 Å². The Morgan fingerprint density at radius 3 is 1.86 bits per heavy atom. The van der Waals surface area contributed by atoms with E-state index in [-0.39, 0.29) is 0 Å². The lowest BCUT2D eigenvalue weighted by Crippen LogP contribution is -2.54. The van der Waals surface area contributed by atoms with E-state index < -0.39 is 0 Å². The molecule has 3 aromatic carbocycles. The molecule has 1 saturated heterocycles. The number of rotatable bonds is 6. The predicted octanol–water partition coefficient (Wildman–Crippen LogP) is 4.75. The SMILES string of the molecule is COc1ccc(C[C@@H]2COC[C@H](Cc3ccccc3)N2c2ccccc2)cc1. The number of anilines is 1. The summed E-state index contributed by atoms with van der Waals surface area (Å²) in [5.41, 5.74) is 3.92. The topological polar surface area (TPSA) is 21.7 Å². The molecule has 0 bridgehead atoms. The van der Waals surface area contributed by atoms with Crippen molar-refractivity contribution in [2.24, 2.45) is 0 Å². The molecule has 1 heterocycles. The molecule has 0 aliphatic carbocycles. The van der Waals surface area contributed by atoms with E-state index in [2.05, 4.69) is 77.7 Å². The molecule has 2 atom stereocenters. The standard InChI is InChI=1S/C25H27NO2/c1-27-25-14-12-21(13-15-25)17-24-19-28-18-23(16-20-8-4-2-5-9-20)26(24)22-10-6-3-7-11-22/h2-15,23-24H,16-19H2,1H3/t23-,24+/m0/s1. The number of hydrogen-bond acceptors (Lipinski definition) is 3. The van der Waals surface area contributed by atoms with Crippen LogP contribution in [0.25, 0.3) is 0 Å². The Balaban J connectivity index is 1.59. The maximum atomic E-state index is 6.07. The van der Waals surface area contributed by atoms with Gasteiger partial charge in [0.1, 0.15) is 5.75 Å². The van der Waals surface area contributed by atoms with Gasteiger partial charge in [-0.25, -0.2) is 0 Å². The highest BCUT2D eigenvalue weighted by atomic mass is 16.5. The number of benzene rings is 3. The van der Waals surface area contributed by atoms with Gasteiger partial charge in [0, 0.05) is 5.69 Å². The van der Waals surface area contributed by atoms with Crippen molar-refractivity contribution in [3.63, 3.8) is 0 Å². The van der Waals surface area contributed by atoms with E-state index in [4.69, 9.17) is 9.47 Å². The van der Waals surface area contributed by atoms with Crippen LogP contribution in [0.2, 0.25) is 0 Å². The van der Waals surface area contributed by atoms with Crippen molar-refractivity contribution < 1.29 is 9.47 Å². The number of methoxy groups -OCH3 is 1. The fourth-order valence-corrected chi connectivity index (χ4v) is 4.06. The van der Waals surface area contributed by atoms with Gasteiger partial charge in [-0.05, 0) is 48.2 Å². The summed E-state index contributed by atoms with van der Waals surface area (Å²) in [5, 5.41) is 0. The van der Waals surface area contributed by atoms with Gasteiger partial charge in [0.15, 0.2) is 0 Å². The van der Waals surface area contributed by atoms with Gasteiger partial charge in [0.05, 0.1) is 32.4 Å². The first-order chi connectivity index (χ1) is 13.8. The Morgan fingerprint density at radius 1 is 0.750 bits per heavy atom. The molecule has 0 radical (unpaired) electrons. The number of para-hydroxylation sites is 1. The zero-order valence-electron chi connectivity index (χ0n) is 16.3. The largest absolute Gasteiger partial charge is 0.497 e. The monoisotopic (exact) mass is 373 g/mol. The van der Waals surface area contributed by atoms with Crippen LogP contribution in [-0.4, -0.2) is 32.4 Å². The number of morpholine rings is 1. The van der Waals surface area contributed by atoms with Crippen LogP contribution in [0.5, 0.6) is 5.75 Å². The quantitative estimate of drug-likeness (QED) is 0.622. The summed E-state index contributed by atoms with van der Waals surface area (Å²) in [4.78, 5) is 2.57. The second-order valence-corrected chi connectivity index (χ2v) is 7.33. The van der Waals surface area contributed by atoms with Gasteiger partial charge in [-0.1, -0.05) is 60.7 Å². The van der Waals surface area contributed by atoms with Crippen LogP contribution in [0.15, 0.2) is 84.9 Å². The van der Waals surface area contributed by atoms with Crippen LogP contribution in [-0.2, 0) is 17.6 Å². The van der Waals surface area contributed by atoms with E-state index >= 15 is 0 Å². The average Bonchev–Trinajstić information content (AvgIpc) is 2.76. The minimum absolute atomic E-state index is 0.304. The first-order valence-corrected chi connectivity index (χ1v) is 9.91. The molecule has 28 heavy (non-hydrogen) atoms. The predicted molar refractivity (Wildman–Crippen MR) is 114 cm³/mol. The Bertz CT molecular complexity index is 849. The van der Waals surface area contributed by atoms with Crippen molar-refractivity contribution in [1.29, 1.82) is 0 Å². The molecule has 3 heteroatoms. The van der Waals surface area contributed by atoms with Crippen molar-refractivity contribution in [1.82, 2.24) is 0 Å². The molecular weight excluding hydrogens is 346 g/mol. The van der Waals surface area contributed by atoms with Gasteiger partial charge in [-0.15, -0.1) is 0 Å². The van der Waals surface area contributed by atoms with E-state index in [0.29, 0.717) is 12.1 Å². The van der Waals surface area contributed by atoms with Crippen LogP contribution in [0.4, 0.5) is 5.69 Å². The molecule has 1 fully saturated rings. The van der Waals surface area contributed by atoms with Gasteiger partial charge in [0.25, 0.3) is 0 Å². The van der Waals surface area contributed by atoms with Crippen molar-refractivity contribution in [2.75, 3.05) is 25.2 Å². The van der Waals surface area contributed by atoms with Gasteiger partial charge in [0.2, 0.25) is 0 Å². The lowest BCUT2D eigenvalue weighted by atomic mass is 9.97. The molecule has 1 aliphatic rings.